The van der Waals surface area contributed by atoms with E-state index in [2.05, 4.69) is 29.9 Å². The monoisotopic (exact) mass is 257 g/mol. The normalized spacial score (nSPS) is 11.8. The first kappa shape index (κ1) is 13.5. The first-order valence-electron chi connectivity index (χ1n) is 6.50. The number of ether oxygens (including phenoxy) is 1. The van der Waals surface area contributed by atoms with Gasteiger partial charge in [0.2, 0.25) is 0 Å². The second-order valence-corrected chi connectivity index (χ2v) is 4.34. The quantitative estimate of drug-likeness (QED) is 0.469. The lowest BCUT2D eigenvalue weighted by atomic mass is 10.2. The minimum Gasteiger partial charge on any atom is -0.374 e. The predicted octanol–water partition coefficient (Wildman–Crippen LogP) is 3.20. The fraction of sp³-hybridized carbons (Fsp3) is 0.333. The molecular formula is C15H19N3O. The summed E-state index contributed by atoms with van der Waals surface area (Å²) in [5.41, 5.74) is 2.11. The summed E-state index contributed by atoms with van der Waals surface area (Å²) in [5.74, 6) is 0.847. The number of hydrogen-bond acceptors (Lipinski definition) is 3. The van der Waals surface area contributed by atoms with Gasteiger partial charge >= 0.3 is 0 Å². The van der Waals surface area contributed by atoms with Crippen LogP contribution in [-0.2, 0) is 4.74 Å². The van der Waals surface area contributed by atoms with Crippen molar-refractivity contribution in [2.45, 2.75) is 20.3 Å². The van der Waals surface area contributed by atoms with Gasteiger partial charge in [-0.1, -0.05) is 25.1 Å². The van der Waals surface area contributed by atoms with Crippen LogP contribution in [0.2, 0.25) is 0 Å². The standard InChI is InChI=1S/C15H19N3O/c1-3-10-19-11-15(18-9-8-16-12-18)17-14-7-5-4-6-13(14)2/h4-9,12H,3,10-11H2,1-2H3/b17-15-. The summed E-state index contributed by atoms with van der Waals surface area (Å²) in [6, 6.07) is 8.06. The number of aromatic nitrogens is 2. The highest BCUT2D eigenvalue weighted by molar-refractivity contribution is 5.88. The minimum atomic E-state index is 0.485. The molecule has 0 N–H and O–H groups in total. The Bertz CT molecular complexity index is 532. The molecule has 19 heavy (non-hydrogen) atoms. The van der Waals surface area contributed by atoms with Crippen molar-refractivity contribution in [1.29, 1.82) is 0 Å². The zero-order valence-electron chi connectivity index (χ0n) is 11.4. The van der Waals surface area contributed by atoms with Crippen molar-refractivity contribution in [3.05, 3.63) is 48.5 Å². The number of para-hydroxylation sites is 1. The van der Waals surface area contributed by atoms with E-state index in [0.717, 1.165) is 30.1 Å². The van der Waals surface area contributed by atoms with Gasteiger partial charge in [0.05, 0.1) is 5.69 Å². The van der Waals surface area contributed by atoms with Gasteiger partial charge in [-0.2, -0.15) is 0 Å². The van der Waals surface area contributed by atoms with Crippen LogP contribution in [0.5, 0.6) is 0 Å². The van der Waals surface area contributed by atoms with Crippen LogP contribution in [-0.4, -0.2) is 28.6 Å². The Morgan fingerprint density at radius 2 is 2.21 bits per heavy atom. The Hall–Kier alpha value is -1.94. The Morgan fingerprint density at radius 3 is 2.89 bits per heavy atom. The molecule has 0 aliphatic rings. The summed E-state index contributed by atoms with van der Waals surface area (Å²) in [4.78, 5) is 8.75. The van der Waals surface area contributed by atoms with E-state index >= 15 is 0 Å². The molecule has 0 unspecified atom stereocenters. The third-order valence-electron chi connectivity index (χ3n) is 2.75. The summed E-state index contributed by atoms with van der Waals surface area (Å²) in [5, 5.41) is 0. The van der Waals surface area contributed by atoms with Crippen LogP contribution in [0.25, 0.3) is 0 Å². The van der Waals surface area contributed by atoms with Gasteiger partial charge < -0.3 is 4.74 Å². The second kappa shape index (κ2) is 6.85. The van der Waals surface area contributed by atoms with E-state index in [1.807, 2.05) is 29.0 Å². The fourth-order valence-electron chi connectivity index (χ4n) is 1.71. The van der Waals surface area contributed by atoms with Crippen molar-refractivity contribution in [3.63, 3.8) is 0 Å². The first-order valence-corrected chi connectivity index (χ1v) is 6.50. The van der Waals surface area contributed by atoms with Gasteiger partial charge in [-0.05, 0) is 25.0 Å². The molecule has 1 aromatic heterocycles. The highest BCUT2D eigenvalue weighted by Crippen LogP contribution is 2.17. The Balaban J connectivity index is 2.24. The lowest BCUT2D eigenvalue weighted by Crippen LogP contribution is -2.17. The van der Waals surface area contributed by atoms with Gasteiger partial charge in [-0.25, -0.2) is 9.98 Å². The minimum absolute atomic E-state index is 0.485. The molecule has 100 valence electrons. The van der Waals surface area contributed by atoms with Gasteiger partial charge in [-0.15, -0.1) is 0 Å². The van der Waals surface area contributed by atoms with E-state index < -0.39 is 0 Å². The van der Waals surface area contributed by atoms with Crippen LogP contribution >= 0.6 is 0 Å². The maximum atomic E-state index is 5.60. The molecule has 1 heterocycles. The first-order chi connectivity index (χ1) is 9.31. The molecule has 0 aliphatic carbocycles. The van der Waals surface area contributed by atoms with Gasteiger partial charge in [-0.3, -0.25) is 4.57 Å². The molecule has 4 heteroatoms. The third kappa shape index (κ3) is 3.76. The van der Waals surface area contributed by atoms with Crippen LogP contribution in [0.1, 0.15) is 18.9 Å². The number of imidazole rings is 1. The molecule has 2 aromatic rings. The maximum Gasteiger partial charge on any atom is 0.140 e. The lowest BCUT2D eigenvalue weighted by molar-refractivity contribution is 0.170. The molecular weight excluding hydrogens is 238 g/mol. The molecule has 0 amide bonds. The second-order valence-electron chi connectivity index (χ2n) is 4.34. The van der Waals surface area contributed by atoms with Crippen molar-refractivity contribution >= 4 is 11.5 Å². The van der Waals surface area contributed by atoms with Crippen molar-refractivity contribution in [3.8, 4) is 0 Å². The van der Waals surface area contributed by atoms with E-state index in [1.54, 1.807) is 12.5 Å². The van der Waals surface area contributed by atoms with Gasteiger partial charge in [0.25, 0.3) is 0 Å². The Labute approximate surface area is 113 Å². The topological polar surface area (TPSA) is 39.4 Å². The molecule has 2 rings (SSSR count). The average molecular weight is 257 g/mol. The molecule has 0 spiro atoms. The highest BCUT2D eigenvalue weighted by atomic mass is 16.5. The van der Waals surface area contributed by atoms with Crippen molar-refractivity contribution < 1.29 is 4.74 Å². The number of hydrogen-bond donors (Lipinski definition) is 0. The van der Waals surface area contributed by atoms with Crippen LogP contribution in [0, 0.1) is 6.92 Å². The molecule has 0 atom stereocenters. The maximum absolute atomic E-state index is 5.60. The fourth-order valence-corrected chi connectivity index (χ4v) is 1.71. The van der Waals surface area contributed by atoms with Crippen molar-refractivity contribution in [1.82, 2.24) is 9.55 Å². The van der Waals surface area contributed by atoms with Crippen molar-refractivity contribution in [2.24, 2.45) is 4.99 Å². The number of benzene rings is 1. The van der Waals surface area contributed by atoms with Crippen LogP contribution < -0.4 is 0 Å². The third-order valence-corrected chi connectivity index (χ3v) is 2.75. The summed E-state index contributed by atoms with van der Waals surface area (Å²) in [6.45, 7) is 5.37. The number of nitrogens with zero attached hydrogens (tertiary/aromatic N) is 3. The average Bonchev–Trinajstić information content (AvgIpc) is 2.94. The SMILES string of the molecule is CCCOC/C(=N/c1ccccc1C)n1ccnc1. The molecule has 0 aliphatic heterocycles. The van der Waals surface area contributed by atoms with E-state index in [1.165, 1.54) is 0 Å². The summed E-state index contributed by atoms with van der Waals surface area (Å²) < 4.78 is 7.49. The predicted molar refractivity (Wildman–Crippen MR) is 77.0 cm³/mol. The summed E-state index contributed by atoms with van der Waals surface area (Å²) in [7, 11) is 0. The molecule has 0 fully saturated rings. The van der Waals surface area contributed by atoms with Crippen LogP contribution in [0.15, 0.2) is 48.0 Å². The number of aryl methyl sites for hydroxylation is 1. The summed E-state index contributed by atoms with van der Waals surface area (Å²) in [6.07, 6.45) is 6.37. The molecule has 0 radical (unpaired) electrons. The van der Waals surface area contributed by atoms with E-state index in [-0.39, 0.29) is 0 Å². The summed E-state index contributed by atoms with van der Waals surface area (Å²) >= 11 is 0. The van der Waals surface area contributed by atoms with Gasteiger partial charge in [0.15, 0.2) is 0 Å². The zero-order chi connectivity index (χ0) is 13.5. The van der Waals surface area contributed by atoms with Gasteiger partial charge in [0.1, 0.15) is 18.8 Å². The molecule has 0 saturated heterocycles. The molecule has 4 nitrogen and oxygen atoms in total. The highest BCUT2D eigenvalue weighted by Gasteiger charge is 2.04. The number of rotatable bonds is 5. The largest absolute Gasteiger partial charge is 0.374 e. The van der Waals surface area contributed by atoms with E-state index in [9.17, 15) is 0 Å². The molecule has 0 saturated carbocycles. The Morgan fingerprint density at radius 1 is 1.37 bits per heavy atom. The number of aliphatic imine (C=N–C) groups is 1. The zero-order valence-corrected chi connectivity index (χ0v) is 11.4. The van der Waals surface area contributed by atoms with Crippen molar-refractivity contribution in [2.75, 3.05) is 13.2 Å². The van der Waals surface area contributed by atoms with E-state index in [4.69, 9.17) is 4.74 Å². The molecule has 1 aromatic carbocycles. The lowest BCUT2D eigenvalue weighted by Gasteiger charge is -2.09. The molecule has 0 bridgehead atoms. The van der Waals surface area contributed by atoms with Gasteiger partial charge in [0, 0.05) is 19.0 Å². The smallest absolute Gasteiger partial charge is 0.140 e. The van der Waals surface area contributed by atoms with Crippen LogP contribution in [0.3, 0.4) is 0 Å². The Kier molecular flexibility index (Phi) is 4.86. The van der Waals surface area contributed by atoms with Crippen LogP contribution in [0.4, 0.5) is 5.69 Å². The van der Waals surface area contributed by atoms with E-state index in [0.29, 0.717) is 6.61 Å².